The number of phenolic OH excluding ortho intramolecular Hbond substituents is 1. The summed E-state index contributed by atoms with van der Waals surface area (Å²) in [6.07, 6.45) is 3.17. The number of rotatable bonds is 4. The van der Waals surface area contributed by atoms with Crippen LogP contribution in [0.15, 0.2) is 41.6 Å². The highest BCUT2D eigenvalue weighted by Gasteiger charge is 2.15. The molecule has 0 aliphatic carbocycles. The molecule has 0 saturated heterocycles. The lowest BCUT2D eigenvalue weighted by molar-refractivity contribution is 0.0948. The van der Waals surface area contributed by atoms with Crippen LogP contribution in [0.1, 0.15) is 21.7 Å². The number of hydrazone groups is 1. The Morgan fingerprint density at radius 1 is 1.44 bits per heavy atom. The predicted molar refractivity (Wildman–Crippen MR) is 94.7 cm³/mol. The number of pyridine rings is 1. The Balaban J connectivity index is 1.81. The molecule has 3 rings (SSSR count). The molecule has 0 radical (unpaired) electrons. The summed E-state index contributed by atoms with van der Waals surface area (Å²) in [4.78, 5) is 16.7. The van der Waals surface area contributed by atoms with Gasteiger partial charge in [-0.2, -0.15) is 5.10 Å². The van der Waals surface area contributed by atoms with E-state index in [1.165, 1.54) is 19.4 Å². The summed E-state index contributed by atoms with van der Waals surface area (Å²) >= 11 is 5.92. The first-order valence-electron chi connectivity index (χ1n) is 7.35. The number of aryl methyl sites for hydroxylation is 1. The van der Waals surface area contributed by atoms with Crippen LogP contribution in [0.4, 0.5) is 0 Å². The maximum Gasteiger partial charge on any atom is 0.290 e. The first-order chi connectivity index (χ1) is 12.0. The van der Waals surface area contributed by atoms with Gasteiger partial charge in [0.25, 0.3) is 5.91 Å². The largest absolute Gasteiger partial charge is 0.503 e. The monoisotopic (exact) mass is 358 g/mol. The van der Waals surface area contributed by atoms with Crippen molar-refractivity contribution in [3.8, 4) is 11.5 Å². The van der Waals surface area contributed by atoms with E-state index in [1.807, 2.05) is 18.2 Å². The number of carbonyl (C=O) groups excluding carboxylic acids is 1. The number of aromatic nitrogens is 2. The number of fused-ring (bicyclic) bond motifs is 1. The molecule has 0 aliphatic heterocycles. The number of imidazole rings is 1. The summed E-state index contributed by atoms with van der Waals surface area (Å²) < 4.78 is 6.72. The van der Waals surface area contributed by atoms with E-state index in [1.54, 1.807) is 23.6 Å². The normalized spacial score (nSPS) is 11.2. The second-order valence-electron chi connectivity index (χ2n) is 5.23. The molecule has 0 fully saturated rings. The molecule has 8 heteroatoms. The summed E-state index contributed by atoms with van der Waals surface area (Å²) in [5.41, 5.74) is 4.73. The number of carbonyl (C=O) groups is 1. The maximum atomic E-state index is 12.4. The lowest BCUT2D eigenvalue weighted by Gasteiger charge is -2.06. The zero-order chi connectivity index (χ0) is 18.0. The highest BCUT2D eigenvalue weighted by Crippen LogP contribution is 2.34. The second kappa shape index (κ2) is 6.82. The molecule has 0 atom stereocenters. The molecule has 0 saturated carbocycles. The number of aromatic hydroxyl groups is 1. The molecular formula is C17H15ClN4O3. The van der Waals surface area contributed by atoms with Crippen LogP contribution in [-0.4, -0.2) is 33.7 Å². The van der Waals surface area contributed by atoms with Gasteiger partial charge in [0.05, 0.1) is 24.0 Å². The van der Waals surface area contributed by atoms with Gasteiger partial charge < -0.3 is 9.84 Å². The standard InChI is InChI=1S/C17H15ClN4O3/c1-10-15(22-6-4-3-5-14(22)20-10)17(24)21-19-9-11-7-12(18)16(23)13(8-11)25-2/h3-9,23H,1-2H3,(H,21,24)/b19-9+. The third-order valence-electron chi connectivity index (χ3n) is 3.57. The van der Waals surface area contributed by atoms with Gasteiger partial charge >= 0.3 is 0 Å². The first kappa shape index (κ1) is 16.8. The summed E-state index contributed by atoms with van der Waals surface area (Å²) in [6.45, 7) is 1.76. The van der Waals surface area contributed by atoms with Gasteiger partial charge in [-0.05, 0) is 36.8 Å². The SMILES string of the molecule is COc1cc(/C=N/NC(=O)c2c(C)nc3ccccn23)cc(Cl)c1O. The smallest absolute Gasteiger partial charge is 0.290 e. The van der Waals surface area contributed by atoms with E-state index in [9.17, 15) is 9.90 Å². The van der Waals surface area contributed by atoms with Gasteiger partial charge in [-0.3, -0.25) is 9.20 Å². The Morgan fingerprint density at radius 2 is 2.24 bits per heavy atom. The van der Waals surface area contributed by atoms with Crippen molar-refractivity contribution >= 4 is 29.4 Å². The molecule has 3 aromatic rings. The zero-order valence-electron chi connectivity index (χ0n) is 13.5. The summed E-state index contributed by atoms with van der Waals surface area (Å²) in [7, 11) is 1.42. The highest BCUT2D eigenvalue weighted by atomic mass is 35.5. The third kappa shape index (κ3) is 3.27. The van der Waals surface area contributed by atoms with Gasteiger partial charge in [0.2, 0.25) is 0 Å². The molecule has 0 spiro atoms. The molecule has 2 heterocycles. The van der Waals surface area contributed by atoms with Gasteiger partial charge in [0.1, 0.15) is 11.3 Å². The molecule has 0 aliphatic rings. The summed E-state index contributed by atoms with van der Waals surface area (Å²) in [6, 6.07) is 8.55. The fourth-order valence-corrected chi connectivity index (χ4v) is 2.65. The van der Waals surface area contributed by atoms with Crippen LogP contribution < -0.4 is 10.2 Å². The van der Waals surface area contributed by atoms with E-state index in [-0.39, 0.29) is 22.4 Å². The molecule has 1 amide bonds. The number of hydrogen-bond donors (Lipinski definition) is 2. The van der Waals surface area contributed by atoms with Crippen LogP contribution in [0, 0.1) is 6.92 Å². The first-order valence-corrected chi connectivity index (χ1v) is 7.72. The Labute approximate surface area is 148 Å². The fraction of sp³-hybridized carbons (Fsp3) is 0.118. The number of halogens is 1. The Hall–Kier alpha value is -3.06. The Morgan fingerprint density at radius 3 is 3.00 bits per heavy atom. The molecule has 2 aromatic heterocycles. The molecule has 2 N–H and O–H groups in total. The van der Waals surface area contributed by atoms with Crippen molar-refractivity contribution in [3.63, 3.8) is 0 Å². The number of phenols is 1. The average Bonchev–Trinajstić information content (AvgIpc) is 2.93. The number of nitrogens with one attached hydrogen (secondary N) is 1. The Bertz CT molecular complexity index is 981. The van der Waals surface area contributed by atoms with E-state index >= 15 is 0 Å². The average molecular weight is 359 g/mol. The van der Waals surface area contributed by atoms with Crippen molar-refractivity contribution in [2.75, 3.05) is 7.11 Å². The van der Waals surface area contributed by atoms with Gasteiger partial charge in [0.15, 0.2) is 11.5 Å². The quantitative estimate of drug-likeness (QED) is 0.554. The second-order valence-corrected chi connectivity index (χ2v) is 5.63. The Kier molecular flexibility index (Phi) is 4.58. The van der Waals surface area contributed by atoms with Gasteiger partial charge in [-0.25, -0.2) is 10.4 Å². The minimum atomic E-state index is -0.385. The number of nitrogens with zero attached hydrogens (tertiary/aromatic N) is 3. The van der Waals surface area contributed by atoms with Gasteiger partial charge in [0, 0.05) is 6.20 Å². The van der Waals surface area contributed by atoms with Crippen LogP contribution in [0.5, 0.6) is 11.5 Å². The van der Waals surface area contributed by atoms with Crippen LogP contribution >= 0.6 is 11.6 Å². The third-order valence-corrected chi connectivity index (χ3v) is 3.86. The van der Waals surface area contributed by atoms with Gasteiger partial charge in [-0.15, -0.1) is 0 Å². The van der Waals surface area contributed by atoms with Crippen molar-refractivity contribution < 1.29 is 14.6 Å². The predicted octanol–water partition coefficient (Wildman–Crippen LogP) is 2.77. The number of amides is 1. The van der Waals surface area contributed by atoms with Crippen LogP contribution in [-0.2, 0) is 0 Å². The molecular weight excluding hydrogens is 344 g/mol. The van der Waals surface area contributed by atoms with Crippen molar-refractivity contribution in [1.29, 1.82) is 0 Å². The lowest BCUT2D eigenvalue weighted by atomic mass is 10.2. The van der Waals surface area contributed by atoms with Gasteiger partial charge in [-0.1, -0.05) is 17.7 Å². The van der Waals surface area contributed by atoms with E-state index in [2.05, 4.69) is 15.5 Å². The molecule has 128 valence electrons. The van der Waals surface area contributed by atoms with E-state index in [4.69, 9.17) is 16.3 Å². The van der Waals surface area contributed by atoms with Crippen LogP contribution in [0.3, 0.4) is 0 Å². The number of hydrogen-bond acceptors (Lipinski definition) is 5. The molecule has 25 heavy (non-hydrogen) atoms. The van der Waals surface area contributed by atoms with E-state index in [0.29, 0.717) is 22.6 Å². The van der Waals surface area contributed by atoms with Crippen LogP contribution in [0.25, 0.3) is 5.65 Å². The summed E-state index contributed by atoms with van der Waals surface area (Å²) in [5, 5.41) is 13.8. The van der Waals surface area contributed by atoms with Crippen LogP contribution in [0.2, 0.25) is 5.02 Å². The van der Waals surface area contributed by atoms with Crippen molar-refractivity contribution in [1.82, 2.24) is 14.8 Å². The minimum absolute atomic E-state index is 0.129. The van der Waals surface area contributed by atoms with Crippen molar-refractivity contribution in [3.05, 3.63) is 58.5 Å². The maximum absolute atomic E-state index is 12.4. The fourth-order valence-electron chi connectivity index (χ4n) is 2.43. The minimum Gasteiger partial charge on any atom is -0.503 e. The lowest BCUT2D eigenvalue weighted by Crippen LogP contribution is -2.20. The number of methoxy groups -OCH3 is 1. The highest BCUT2D eigenvalue weighted by molar-refractivity contribution is 6.32. The van der Waals surface area contributed by atoms with E-state index < -0.39 is 0 Å². The topological polar surface area (TPSA) is 88.2 Å². The molecule has 7 nitrogen and oxygen atoms in total. The zero-order valence-corrected chi connectivity index (χ0v) is 14.3. The molecule has 0 bridgehead atoms. The number of benzene rings is 1. The molecule has 1 aromatic carbocycles. The molecule has 0 unspecified atom stereocenters. The van der Waals surface area contributed by atoms with Crippen molar-refractivity contribution in [2.24, 2.45) is 5.10 Å². The number of ether oxygens (including phenoxy) is 1. The summed E-state index contributed by atoms with van der Waals surface area (Å²) in [5.74, 6) is -0.311. The van der Waals surface area contributed by atoms with Crippen molar-refractivity contribution in [2.45, 2.75) is 6.92 Å². The van der Waals surface area contributed by atoms with E-state index in [0.717, 1.165) is 0 Å².